The van der Waals surface area contributed by atoms with Gasteiger partial charge in [-0.1, -0.05) is 78.9 Å². The number of aliphatic imine (C=N–C) groups is 1. The molecule has 0 fully saturated rings. The van der Waals surface area contributed by atoms with E-state index in [2.05, 4.69) is 77.9 Å². The van der Waals surface area contributed by atoms with Gasteiger partial charge in [-0.3, -0.25) is 4.99 Å². The maximum atomic E-state index is 4.37. The van der Waals surface area contributed by atoms with Crippen molar-refractivity contribution in [1.82, 2.24) is 5.32 Å². The number of nitrogens with zero attached hydrogens (tertiary/aromatic N) is 1. The van der Waals surface area contributed by atoms with Crippen molar-refractivity contribution in [3.63, 3.8) is 0 Å². The number of amidine groups is 1. The number of nitrogens with one attached hydrogen (secondary N) is 1. The van der Waals surface area contributed by atoms with Gasteiger partial charge in [0.1, 0.15) is 5.84 Å². The van der Waals surface area contributed by atoms with E-state index in [1.165, 1.54) is 16.3 Å². The maximum Gasteiger partial charge on any atom is 0.132 e. The average Bonchev–Trinajstić information content (AvgIpc) is 2.65. The van der Waals surface area contributed by atoms with E-state index < -0.39 is 0 Å². The Labute approximate surface area is 143 Å². The van der Waals surface area contributed by atoms with Crippen molar-refractivity contribution in [2.24, 2.45) is 4.99 Å². The van der Waals surface area contributed by atoms with E-state index in [4.69, 9.17) is 0 Å². The van der Waals surface area contributed by atoms with E-state index in [-0.39, 0.29) is 0 Å². The fraction of sp³-hybridized carbons (Fsp3) is 0.136. The van der Waals surface area contributed by atoms with Crippen molar-refractivity contribution >= 4 is 16.6 Å². The summed E-state index contributed by atoms with van der Waals surface area (Å²) >= 11 is 0. The van der Waals surface area contributed by atoms with Crippen molar-refractivity contribution < 1.29 is 0 Å². The quantitative estimate of drug-likeness (QED) is 0.534. The second-order valence-corrected chi connectivity index (χ2v) is 5.79. The van der Waals surface area contributed by atoms with Crippen LogP contribution in [0.4, 0.5) is 0 Å². The Morgan fingerprint density at radius 1 is 0.917 bits per heavy atom. The normalized spacial score (nSPS) is 12.4. The number of allylic oxidation sites excluding steroid dienone is 2. The van der Waals surface area contributed by atoms with Crippen molar-refractivity contribution in [3.05, 3.63) is 95.7 Å². The molecule has 3 aromatic carbocycles. The molecule has 0 aliphatic heterocycles. The highest BCUT2D eigenvalue weighted by molar-refractivity contribution is 5.99. The topological polar surface area (TPSA) is 24.4 Å². The smallest absolute Gasteiger partial charge is 0.132 e. The summed E-state index contributed by atoms with van der Waals surface area (Å²) in [5.41, 5.74) is 3.54. The molecule has 0 spiro atoms. The molecule has 0 aliphatic rings. The van der Waals surface area contributed by atoms with Gasteiger partial charge in [0.25, 0.3) is 0 Å². The lowest BCUT2D eigenvalue weighted by Gasteiger charge is -2.10. The standard InChI is InChI=1S/C22H22N2/c1-17(24-22(23-2)20-10-4-3-5-11-20)15-16-19-13-8-12-18-9-6-7-14-21(18)19/h3-15H,16H2,1-2H3,(H,23,24)/b17-15-. The highest BCUT2D eigenvalue weighted by Gasteiger charge is 2.03. The average molecular weight is 314 g/mol. The van der Waals surface area contributed by atoms with E-state index >= 15 is 0 Å². The zero-order valence-electron chi connectivity index (χ0n) is 14.2. The van der Waals surface area contributed by atoms with Crippen molar-refractivity contribution in [3.8, 4) is 0 Å². The third-order valence-corrected chi connectivity index (χ3v) is 4.09. The van der Waals surface area contributed by atoms with Gasteiger partial charge in [0.2, 0.25) is 0 Å². The predicted molar refractivity (Wildman–Crippen MR) is 103 cm³/mol. The van der Waals surface area contributed by atoms with E-state index in [9.17, 15) is 0 Å². The lowest BCUT2D eigenvalue weighted by molar-refractivity contribution is 1.07. The number of fused-ring (bicyclic) bond motifs is 1. The largest absolute Gasteiger partial charge is 0.344 e. The number of hydrogen-bond donors (Lipinski definition) is 1. The summed E-state index contributed by atoms with van der Waals surface area (Å²) in [4.78, 5) is 4.37. The lowest BCUT2D eigenvalue weighted by atomic mass is 10.0. The summed E-state index contributed by atoms with van der Waals surface area (Å²) in [6.45, 7) is 2.08. The molecular weight excluding hydrogens is 292 g/mol. The molecule has 0 aliphatic carbocycles. The number of rotatable bonds is 4. The van der Waals surface area contributed by atoms with Crippen LogP contribution in [0, 0.1) is 0 Å². The van der Waals surface area contributed by atoms with Gasteiger partial charge in [0.15, 0.2) is 0 Å². The summed E-state index contributed by atoms with van der Waals surface area (Å²) in [7, 11) is 1.81. The molecule has 2 heteroatoms. The van der Waals surface area contributed by atoms with Crippen LogP contribution >= 0.6 is 0 Å². The van der Waals surface area contributed by atoms with Gasteiger partial charge in [-0.05, 0) is 29.7 Å². The van der Waals surface area contributed by atoms with Crippen LogP contribution in [-0.4, -0.2) is 12.9 Å². The molecule has 0 radical (unpaired) electrons. The predicted octanol–water partition coefficient (Wildman–Crippen LogP) is 4.95. The minimum absolute atomic E-state index is 0.891. The molecule has 1 N–H and O–H groups in total. The van der Waals surface area contributed by atoms with Gasteiger partial charge in [-0.2, -0.15) is 0 Å². The Hall–Kier alpha value is -2.87. The first-order chi connectivity index (χ1) is 11.8. The van der Waals surface area contributed by atoms with Crippen LogP contribution in [0.15, 0.2) is 89.6 Å². The van der Waals surface area contributed by atoms with Crippen LogP contribution in [0.25, 0.3) is 10.8 Å². The van der Waals surface area contributed by atoms with Crippen LogP contribution < -0.4 is 5.32 Å². The number of benzene rings is 3. The van der Waals surface area contributed by atoms with Crippen LogP contribution in [0.5, 0.6) is 0 Å². The fourth-order valence-electron chi connectivity index (χ4n) is 2.82. The van der Waals surface area contributed by atoms with Crippen molar-refractivity contribution in [2.45, 2.75) is 13.3 Å². The molecular formula is C22H22N2. The minimum atomic E-state index is 0.891. The monoisotopic (exact) mass is 314 g/mol. The second kappa shape index (κ2) is 7.60. The van der Waals surface area contributed by atoms with Crippen LogP contribution in [-0.2, 0) is 6.42 Å². The Morgan fingerprint density at radius 3 is 2.42 bits per heavy atom. The molecule has 0 heterocycles. The maximum absolute atomic E-state index is 4.37. The molecule has 0 saturated heterocycles. The van der Waals surface area contributed by atoms with E-state index in [0.29, 0.717) is 0 Å². The molecule has 0 saturated carbocycles. The molecule has 24 heavy (non-hydrogen) atoms. The molecule has 3 rings (SSSR count). The van der Waals surface area contributed by atoms with Crippen LogP contribution in [0.3, 0.4) is 0 Å². The first kappa shape index (κ1) is 16.0. The van der Waals surface area contributed by atoms with Gasteiger partial charge >= 0.3 is 0 Å². The fourth-order valence-corrected chi connectivity index (χ4v) is 2.82. The summed E-state index contributed by atoms with van der Waals surface area (Å²) in [5.74, 6) is 0.891. The molecule has 3 aromatic rings. The highest BCUT2D eigenvalue weighted by atomic mass is 15.0. The molecule has 0 bridgehead atoms. The zero-order valence-corrected chi connectivity index (χ0v) is 14.2. The molecule has 0 amide bonds. The minimum Gasteiger partial charge on any atom is -0.344 e. The van der Waals surface area contributed by atoms with Gasteiger partial charge < -0.3 is 5.32 Å². The van der Waals surface area contributed by atoms with Gasteiger partial charge in [-0.15, -0.1) is 0 Å². The third-order valence-electron chi connectivity index (χ3n) is 4.09. The summed E-state index contributed by atoms with van der Waals surface area (Å²) < 4.78 is 0. The molecule has 0 atom stereocenters. The van der Waals surface area contributed by atoms with E-state index in [1.807, 2.05) is 25.2 Å². The van der Waals surface area contributed by atoms with Crippen LogP contribution in [0.2, 0.25) is 0 Å². The third kappa shape index (κ3) is 3.72. The summed E-state index contributed by atoms with van der Waals surface area (Å²) in [6, 6.07) is 25.2. The Kier molecular flexibility index (Phi) is 5.07. The van der Waals surface area contributed by atoms with Gasteiger partial charge in [0, 0.05) is 18.3 Å². The Balaban J connectivity index is 1.76. The molecule has 120 valence electrons. The lowest BCUT2D eigenvalue weighted by Crippen LogP contribution is -2.22. The highest BCUT2D eigenvalue weighted by Crippen LogP contribution is 2.19. The van der Waals surface area contributed by atoms with E-state index in [1.54, 1.807) is 0 Å². The van der Waals surface area contributed by atoms with Crippen LogP contribution in [0.1, 0.15) is 18.1 Å². The molecule has 0 unspecified atom stereocenters. The SMILES string of the molecule is CN=C(N/C(C)=C\Cc1cccc2ccccc12)c1ccccc1. The van der Waals surface area contributed by atoms with Crippen molar-refractivity contribution in [2.75, 3.05) is 7.05 Å². The first-order valence-corrected chi connectivity index (χ1v) is 8.20. The first-order valence-electron chi connectivity index (χ1n) is 8.20. The second-order valence-electron chi connectivity index (χ2n) is 5.79. The molecule has 2 nitrogen and oxygen atoms in total. The van der Waals surface area contributed by atoms with Gasteiger partial charge in [0.05, 0.1) is 0 Å². The van der Waals surface area contributed by atoms with Crippen molar-refractivity contribution in [1.29, 1.82) is 0 Å². The zero-order chi connectivity index (χ0) is 16.8. The van der Waals surface area contributed by atoms with E-state index in [0.717, 1.165) is 23.5 Å². The molecule has 0 aromatic heterocycles. The summed E-state index contributed by atoms with van der Waals surface area (Å²) in [5, 5.41) is 6.01. The summed E-state index contributed by atoms with van der Waals surface area (Å²) in [6.07, 6.45) is 3.11. The Morgan fingerprint density at radius 2 is 1.62 bits per heavy atom. The number of hydrogen-bond acceptors (Lipinski definition) is 1. The van der Waals surface area contributed by atoms with Gasteiger partial charge in [-0.25, -0.2) is 0 Å². The Bertz CT molecular complexity index is 871.